The highest BCUT2D eigenvalue weighted by atomic mass is 15.0. The van der Waals surface area contributed by atoms with Crippen LogP contribution in [0.2, 0.25) is 0 Å². The maximum Gasteiger partial charge on any atom is 0.0441 e. The van der Waals surface area contributed by atoms with Gasteiger partial charge in [-0.3, -0.25) is 0 Å². The number of rotatable bonds is 0. The Labute approximate surface area is 196 Å². The molecule has 0 amide bonds. The van der Waals surface area contributed by atoms with Crippen molar-refractivity contribution in [1.29, 1.82) is 0 Å². The molecule has 0 unspecified atom stereocenters. The zero-order valence-corrected chi connectivity index (χ0v) is 21.7. The molecular formula is C29H43N3. The molecule has 32 heavy (non-hydrogen) atoms. The first-order valence-electron chi connectivity index (χ1n) is 11.3. The van der Waals surface area contributed by atoms with Crippen molar-refractivity contribution in [3.8, 4) is 0 Å². The van der Waals surface area contributed by atoms with Crippen molar-refractivity contribution in [3.63, 3.8) is 0 Å². The summed E-state index contributed by atoms with van der Waals surface area (Å²) in [5.74, 6) is 0. The van der Waals surface area contributed by atoms with Gasteiger partial charge in [0.05, 0.1) is 0 Å². The Morgan fingerprint density at radius 2 is 1.06 bits per heavy atom. The molecule has 0 aliphatic carbocycles. The standard InChI is InChI=1S/C29H43N3/c1-19-15-14-18-26(6,7)20(2)30-21(3)28(10,11)22(4)31-23(5)29(12,13)25-17-16-24(32-25)27(19,8)9/h14-18,30-32H,2-5H2,1,6-13H3/b18-14+,19-15+. The highest BCUT2D eigenvalue weighted by Gasteiger charge is 2.33. The molecule has 3 N–H and O–H groups in total. The van der Waals surface area contributed by atoms with Gasteiger partial charge in [0.15, 0.2) is 0 Å². The number of allylic oxidation sites excluding steroid dienone is 5. The molecule has 0 saturated heterocycles. The normalized spacial score (nSPS) is 25.7. The number of hydrogen-bond donors (Lipinski definition) is 3. The van der Waals surface area contributed by atoms with E-state index < -0.39 is 5.41 Å². The lowest BCUT2D eigenvalue weighted by atomic mass is 9.81. The third-order valence-electron chi connectivity index (χ3n) is 7.52. The fourth-order valence-electron chi connectivity index (χ4n) is 3.42. The van der Waals surface area contributed by atoms with E-state index in [1.807, 2.05) is 0 Å². The Balaban J connectivity index is 2.62. The van der Waals surface area contributed by atoms with Gasteiger partial charge in [-0.15, -0.1) is 0 Å². The third-order valence-corrected chi connectivity index (χ3v) is 7.52. The maximum absolute atomic E-state index is 4.37. The van der Waals surface area contributed by atoms with Crippen LogP contribution in [0.3, 0.4) is 0 Å². The minimum atomic E-state index is -0.422. The van der Waals surface area contributed by atoms with Crippen molar-refractivity contribution in [2.75, 3.05) is 0 Å². The lowest BCUT2D eigenvalue weighted by Gasteiger charge is -2.37. The summed E-state index contributed by atoms with van der Waals surface area (Å²) in [6.45, 7) is 36.8. The molecule has 2 bridgehead atoms. The number of H-pyrrole nitrogens is 1. The molecule has 2 rings (SSSR count). The van der Waals surface area contributed by atoms with E-state index in [9.17, 15) is 0 Å². The average Bonchev–Trinajstić information content (AvgIpc) is 3.18. The van der Waals surface area contributed by atoms with Gasteiger partial charge in [-0.25, -0.2) is 0 Å². The predicted molar refractivity (Wildman–Crippen MR) is 140 cm³/mol. The summed E-state index contributed by atoms with van der Waals surface area (Å²) in [5, 5.41) is 6.93. The minimum absolute atomic E-state index is 0.138. The quantitative estimate of drug-likeness (QED) is 0.399. The summed E-state index contributed by atoms with van der Waals surface area (Å²) >= 11 is 0. The molecule has 3 heteroatoms. The van der Waals surface area contributed by atoms with Crippen molar-refractivity contribution < 1.29 is 0 Å². The average molecular weight is 434 g/mol. The van der Waals surface area contributed by atoms with Gasteiger partial charge in [0.25, 0.3) is 0 Å². The highest BCUT2D eigenvalue weighted by molar-refractivity contribution is 5.39. The smallest absolute Gasteiger partial charge is 0.0441 e. The monoisotopic (exact) mass is 433 g/mol. The third kappa shape index (κ3) is 4.72. The van der Waals surface area contributed by atoms with E-state index in [4.69, 9.17) is 0 Å². The van der Waals surface area contributed by atoms with E-state index in [0.29, 0.717) is 0 Å². The van der Waals surface area contributed by atoms with E-state index in [2.05, 4.69) is 135 Å². The molecular weight excluding hydrogens is 390 g/mol. The van der Waals surface area contributed by atoms with Crippen LogP contribution in [0.25, 0.3) is 0 Å². The number of nitrogens with one attached hydrogen (secondary N) is 3. The van der Waals surface area contributed by atoms with Gasteiger partial charge in [-0.2, -0.15) is 0 Å². The Hall–Kier alpha value is -2.68. The number of aromatic amines is 1. The SMILES string of the molecule is C=C1NC(=C)C(C)(C)C(=C)NC(=C)C(C)(C)c2ccc([nH]2)C(C)(C)/C(C)=C/C=C/C1(C)C. The molecule has 2 heterocycles. The number of hydrogen-bond acceptors (Lipinski definition) is 2. The van der Waals surface area contributed by atoms with Gasteiger partial charge in [-0.1, -0.05) is 77.8 Å². The van der Waals surface area contributed by atoms with Crippen molar-refractivity contribution in [3.05, 3.63) is 96.4 Å². The molecule has 0 atom stereocenters. The van der Waals surface area contributed by atoms with Crippen LogP contribution in [0.1, 0.15) is 73.7 Å². The summed E-state index contributed by atoms with van der Waals surface area (Å²) in [6.07, 6.45) is 6.50. The molecule has 1 aromatic heterocycles. The molecule has 0 aromatic carbocycles. The Bertz CT molecular complexity index is 1000. The fraction of sp³-hybridized carbons (Fsp3) is 0.448. The molecule has 1 aliphatic rings. The van der Waals surface area contributed by atoms with Crippen LogP contribution in [0, 0.1) is 10.8 Å². The first kappa shape index (κ1) is 25.6. The lowest BCUT2D eigenvalue weighted by molar-refractivity contribution is 0.444. The van der Waals surface area contributed by atoms with Gasteiger partial charge in [0.1, 0.15) is 0 Å². The van der Waals surface area contributed by atoms with Crippen molar-refractivity contribution in [2.24, 2.45) is 10.8 Å². The van der Waals surface area contributed by atoms with E-state index >= 15 is 0 Å². The number of fused-ring (bicyclic) bond motifs is 2. The minimum Gasteiger partial charge on any atom is -0.362 e. The van der Waals surface area contributed by atoms with Crippen LogP contribution in [0.4, 0.5) is 0 Å². The van der Waals surface area contributed by atoms with Crippen molar-refractivity contribution in [1.82, 2.24) is 15.6 Å². The second-order valence-electron chi connectivity index (χ2n) is 11.3. The molecule has 174 valence electrons. The van der Waals surface area contributed by atoms with Crippen LogP contribution in [0.15, 0.2) is 85.0 Å². The van der Waals surface area contributed by atoms with Gasteiger partial charge in [0.2, 0.25) is 0 Å². The second kappa shape index (κ2) is 8.35. The predicted octanol–water partition coefficient (Wildman–Crippen LogP) is 7.37. The van der Waals surface area contributed by atoms with Crippen LogP contribution in [0.5, 0.6) is 0 Å². The van der Waals surface area contributed by atoms with Gasteiger partial charge in [0, 0.05) is 55.8 Å². The van der Waals surface area contributed by atoms with Gasteiger partial charge in [-0.05, 0) is 46.8 Å². The zero-order chi connectivity index (χ0) is 24.7. The van der Waals surface area contributed by atoms with E-state index in [0.717, 1.165) is 28.5 Å². The Morgan fingerprint density at radius 3 is 1.59 bits per heavy atom. The van der Waals surface area contributed by atoms with Gasteiger partial charge < -0.3 is 15.6 Å². The molecule has 0 spiro atoms. The maximum atomic E-state index is 4.37. The zero-order valence-electron chi connectivity index (χ0n) is 21.7. The summed E-state index contributed by atoms with van der Waals surface area (Å²) in [4.78, 5) is 3.68. The van der Waals surface area contributed by atoms with E-state index in [1.54, 1.807) is 0 Å². The summed E-state index contributed by atoms with van der Waals surface area (Å²) in [7, 11) is 0. The highest BCUT2D eigenvalue weighted by Crippen LogP contribution is 2.38. The summed E-state index contributed by atoms with van der Waals surface area (Å²) < 4.78 is 0. The number of aromatic nitrogens is 1. The molecule has 0 radical (unpaired) electrons. The second-order valence-corrected chi connectivity index (χ2v) is 11.3. The first-order chi connectivity index (χ1) is 14.4. The largest absolute Gasteiger partial charge is 0.362 e. The first-order valence-corrected chi connectivity index (χ1v) is 11.3. The lowest BCUT2D eigenvalue weighted by Crippen LogP contribution is -2.38. The fourth-order valence-corrected chi connectivity index (χ4v) is 3.42. The van der Waals surface area contributed by atoms with Crippen LogP contribution < -0.4 is 10.6 Å². The van der Waals surface area contributed by atoms with Crippen molar-refractivity contribution in [2.45, 2.75) is 73.1 Å². The van der Waals surface area contributed by atoms with Crippen LogP contribution in [-0.2, 0) is 10.8 Å². The Morgan fingerprint density at radius 1 is 0.625 bits per heavy atom. The van der Waals surface area contributed by atoms with E-state index in [-0.39, 0.29) is 16.2 Å². The summed E-state index contributed by atoms with van der Waals surface area (Å²) in [6, 6.07) is 4.35. The van der Waals surface area contributed by atoms with Crippen LogP contribution in [-0.4, -0.2) is 4.98 Å². The van der Waals surface area contributed by atoms with E-state index in [1.165, 1.54) is 11.3 Å². The molecule has 0 saturated carbocycles. The topological polar surface area (TPSA) is 39.8 Å². The molecule has 3 nitrogen and oxygen atoms in total. The molecule has 1 aromatic rings. The van der Waals surface area contributed by atoms with Gasteiger partial charge >= 0.3 is 0 Å². The molecule has 1 aliphatic heterocycles. The van der Waals surface area contributed by atoms with Crippen LogP contribution >= 0.6 is 0 Å². The molecule has 0 fully saturated rings. The summed E-state index contributed by atoms with van der Waals surface area (Å²) in [5.41, 5.74) is 5.88. The Kier molecular flexibility index (Phi) is 6.67. The van der Waals surface area contributed by atoms with Crippen molar-refractivity contribution >= 4 is 0 Å².